The molecule has 1 heterocycles. The molecule has 21 heavy (non-hydrogen) atoms. The summed E-state index contributed by atoms with van der Waals surface area (Å²) in [6.45, 7) is 2.89. The third-order valence-corrected chi connectivity index (χ3v) is 3.54. The Morgan fingerprint density at radius 3 is 2.76 bits per heavy atom. The molecule has 1 aliphatic heterocycles. The Morgan fingerprint density at radius 1 is 1.14 bits per heavy atom. The molecule has 0 bridgehead atoms. The normalized spacial score (nSPS) is 14.8. The number of hydrogen-bond acceptors (Lipinski definition) is 4. The summed E-state index contributed by atoms with van der Waals surface area (Å²) in [6, 6.07) is 10.00. The summed E-state index contributed by atoms with van der Waals surface area (Å²) >= 11 is 0. The lowest BCUT2D eigenvalue weighted by atomic mass is 9.96. The number of nitrogens with one attached hydrogen (secondary N) is 1. The van der Waals surface area contributed by atoms with Crippen molar-refractivity contribution in [1.29, 1.82) is 0 Å². The molecule has 0 aromatic heterocycles. The van der Waals surface area contributed by atoms with Crippen molar-refractivity contribution in [3.05, 3.63) is 58.9 Å². The molecule has 2 aromatic rings. The lowest BCUT2D eigenvalue weighted by Gasteiger charge is -2.25. The minimum Gasteiger partial charge on any atom is -0.486 e. The van der Waals surface area contributed by atoms with Crippen molar-refractivity contribution in [3.63, 3.8) is 0 Å². The van der Waals surface area contributed by atoms with Gasteiger partial charge in [0.05, 0.1) is 6.04 Å². The third-order valence-electron chi connectivity index (χ3n) is 3.54. The van der Waals surface area contributed by atoms with Gasteiger partial charge in [-0.25, -0.2) is 9.82 Å². The number of halogens is 1. The average Bonchev–Trinajstić information content (AvgIpc) is 2.51. The van der Waals surface area contributed by atoms with Gasteiger partial charge in [0.15, 0.2) is 11.5 Å². The number of nitrogens with two attached hydrogens (primary N) is 1. The van der Waals surface area contributed by atoms with Crippen LogP contribution in [0.4, 0.5) is 4.39 Å². The summed E-state index contributed by atoms with van der Waals surface area (Å²) in [6.07, 6.45) is 0. The topological polar surface area (TPSA) is 56.5 Å². The van der Waals surface area contributed by atoms with Gasteiger partial charge in [0.1, 0.15) is 19.0 Å². The summed E-state index contributed by atoms with van der Waals surface area (Å²) in [7, 11) is 0. The van der Waals surface area contributed by atoms with Crippen LogP contribution in [0.25, 0.3) is 0 Å². The highest BCUT2D eigenvalue weighted by Crippen LogP contribution is 2.39. The molecule has 0 spiro atoms. The van der Waals surface area contributed by atoms with E-state index >= 15 is 0 Å². The maximum atomic E-state index is 14.2. The standard InChI is InChI=1S/C16H17FN2O2/c1-10-5-6-13(17)12(9-10)15(19-18)11-3-2-4-14-16(11)21-8-7-20-14/h2-6,9,15,19H,7-8,18H2,1H3. The van der Waals surface area contributed by atoms with Gasteiger partial charge in [0.2, 0.25) is 0 Å². The third kappa shape index (κ3) is 2.57. The van der Waals surface area contributed by atoms with E-state index in [-0.39, 0.29) is 5.82 Å². The summed E-state index contributed by atoms with van der Waals surface area (Å²) in [5.74, 6) is 6.65. The lowest BCUT2D eigenvalue weighted by Crippen LogP contribution is -2.30. The zero-order valence-corrected chi connectivity index (χ0v) is 11.7. The molecule has 1 unspecified atom stereocenters. The van der Waals surface area contributed by atoms with Crippen LogP contribution in [0.15, 0.2) is 36.4 Å². The SMILES string of the molecule is Cc1ccc(F)c(C(NN)c2cccc3c2OCCO3)c1. The van der Waals surface area contributed by atoms with Crippen LogP contribution in [0.3, 0.4) is 0 Å². The van der Waals surface area contributed by atoms with Crippen LogP contribution >= 0.6 is 0 Å². The molecule has 0 fully saturated rings. The second-order valence-electron chi connectivity index (χ2n) is 5.00. The van der Waals surface area contributed by atoms with E-state index in [2.05, 4.69) is 5.43 Å². The molecule has 0 aliphatic carbocycles. The number of ether oxygens (including phenoxy) is 2. The van der Waals surface area contributed by atoms with Gasteiger partial charge >= 0.3 is 0 Å². The number of hydrogen-bond donors (Lipinski definition) is 2. The van der Waals surface area contributed by atoms with E-state index in [1.807, 2.05) is 25.1 Å². The van der Waals surface area contributed by atoms with Gasteiger partial charge in [-0.3, -0.25) is 5.84 Å². The molecule has 0 radical (unpaired) electrons. The van der Waals surface area contributed by atoms with Gasteiger partial charge in [-0.1, -0.05) is 29.8 Å². The van der Waals surface area contributed by atoms with Gasteiger partial charge in [-0.05, 0) is 19.1 Å². The first-order chi connectivity index (χ1) is 10.2. The van der Waals surface area contributed by atoms with E-state index in [4.69, 9.17) is 15.3 Å². The van der Waals surface area contributed by atoms with Crippen molar-refractivity contribution in [3.8, 4) is 11.5 Å². The highest BCUT2D eigenvalue weighted by molar-refractivity contribution is 5.51. The fourth-order valence-electron chi connectivity index (χ4n) is 2.56. The van der Waals surface area contributed by atoms with Gasteiger partial charge < -0.3 is 9.47 Å². The molecule has 1 aliphatic rings. The largest absolute Gasteiger partial charge is 0.486 e. The van der Waals surface area contributed by atoms with Crippen molar-refractivity contribution in [2.75, 3.05) is 13.2 Å². The molecule has 110 valence electrons. The molecule has 0 saturated heterocycles. The number of para-hydroxylation sites is 1. The second kappa shape index (κ2) is 5.71. The van der Waals surface area contributed by atoms with Crippen LogP contribution in [0.2, 0.25) is 0 Å². The quantitative estimate of drug-likeness (QED) is 0.673. The molecular formula is C16H17FN2O2. The molecule has 3 N–H and O–H groups in total. The fourth-order valence-corrected chi connectivity index (χ4v) is 2.56. The Labute approximate surface area is 122 Å². The van der Waals surface area contributed by atoms with Gasteiger partial charge in [0.25, 0.3) is 0 Å². The van der Waals surface area contributed by atoms with Crippen LogP contribution in [-0.4, -0.2) is 13.2 Å². The zero-order chi connectivity index (χ0) is 14.8. The number of hydrazine groups is 1. The Hall–Kier alpha value is -2.11. The smallest absolute Gasteiger partial charge is 0.166 e. The molecule has 0 amide bonds. The molecular weight excluding hydrogens is 271 g/mol. The molecule has 1 atom stereocenters. The predicted octanol–water partition coefficient (Wildman–Crippen LogP) is 2.46. The fraction of sp³-hybridized carbons (Fsp3) is 0.250. The first-order valence-corrected chi connectivity index (χ1v) is 6.81. The van der Waals surface area contributed by atoms with Crippen LogP contribution in [-0.2, 0) is 0 Å². The van der Waals surface area contributed by atoms with Crippen LogP contribution in [0.5, 0.6) is 11.5 Å². The summed E-state index contributed by atoms with van der Waals surface area (Å²) in [5, 5.41) is 0. The Bertz CT molecular complexity index is 661. The number of benzene rings is 2. The number of rotatable bonds is 3. The number of fused-ring (bicyclic) bond motifs is 1. The van der Waals surface area contributed by atoms with E-state index < -0.39 is 6.04 Å². The minimum atomic E-state index is -0.499. The highest BCUT2D eigenvalue weighted by atomic mass is 19.1. The van der Waals surface area contributed by atoms with Gasteiger partial charge in [-0.15, -0.1) is 0 Å². The molecule has 5 heteroatoms. The predicted molar refractivity (Wildman–Crippen MR) is 77.7 cm³/mol. The van der Waals surface area contributed by atoms with Crippen molar-refractivity contribution < 1.29 is 13.9 Å². The Balaban J connectivity index is 2.10. The van der Waals surface area contributed by atoms with E-state index in [0.29, 0.717) is 30.3 Å². The molecule has 4 nitrogen and oxygen atoms in total. The van der Waals surface area contributed by atoms with Gasteiger partial charge in [0, 0.05) is 11.1 Å². The van der Waals surface area contributed by atoms with Crippen molar-refractivity contribution in [1.82, 2.24) is 5.43 Å². The minimum absolute atomic E-state index is 0.308. The van der Waals surface area contributed by atoms with Crippen molar-refractivity contribution in [2.45, 2.75) is 13.0 Å². The summed E-state index contributed by atoms with van der Waals surface area (Å²) < 4.78 is 25.4. The first-order valence-electron chi connectivity index (χ1n) is 6.81. The maximum Gasteiger partial charge on any atom is 0.166 e. The molecule has 2 aromatic carbocycles. The lowest BCUT2D eigenvalue weighted by molar-refractivity contribution is 0.169. The van der Waals surface area contributed by atoms with Crippen molar-refractivity contribution in [2.24, 2.45) is 5.84 Å². The summed E-state index contributed by atoms with van der Waals surface area (Å²) in [4.78, 5) is 0. The molecule has 3 rings (SSSR count). The Kier molecular flexibility index (Phi) is 3.77. The average molecular weight is 288 g/mol. The summed E-state index contributed by atoms with van der Waals surface area (Å²) in [5.41, 5.74) is 4.89. The maximum absolute atomic E-state index is 14.2. The van der Waals surface area contributed by atoms with E-state index in [0.717, 1.165) is 11.1 Å². The van der Waals surface area contributed by atoms with Crippen LogP contribution < -0.4 is 20.7 Å². The van der Waals surface area contributed by atoms with Crippen LogP contribution in [0.1, 0.15) is 22.7 Å². The highest BCUT2D eigenvalue weighted by Gasteiger charge is 2.24. The zero-order valence-electron chi connectivity index (χ0n) is 11.7. The first kappa shape index (κ1) is 13.9. The van der Waals surface area contributed by atoms with Crippen molar-refractivity contribution >= 4 is 0 Å². The molecule has 0 saturated carbocycles. The van der Waals surface area contributed by atoms with E-state index in [9.17, 15) is 4.39 Å². The second-order valence-corrected chi connectivity index (χ2v) is 5.00. The monoisotopic (exact) mass is 288 g/mol. The van der Waals surface area contributed by atoms with E-state index in [1.165, 1.54) is 6.07 Å². The number of aryl methyl sites for hydroxylation is 1. The Morgan fingerprint density at radius 2 is 1.95 bits per heavy atom. The van der Waals surface area contributed by atoms with Crippen LogP contribution in [0, 0.1) is 12.7 Å². The van der Waals surface area contributed by atoms with Gasteiger partial charge in [-0.2, -0.15) is 0 Å². The van der Waals surface area contributed by atoms with E-state index in [1.54, 1.807) is 12.1 Å².